The highest BCUT2D eigenvalue weighted by Gasteiger charge is 2.24. The molecule has 17 nitrogen and oxygen atoms in total. The Morgan fingerprint density at radius 1 is 0.745 bits per heavy atom. The summed E-state index contributed by atoms with van der Waals surface area (Å²) >= 11 is 6.14. The van der Waals surface area contributed by atoms with Gasteiger partial charge in [0.05, 0.1) is 5.69 Å². The Labute approximate surface area is 272 Å². The van der Waals surface area contributed by atoms with Gasteiger partial charge in [0.25, 0.3) is 20.2 Å². The van der Waals surface area contributed by atoms with Gasteiger partial charge in [-0.1, -0.05) is 42.5 Å². The molecule has 1 heterocycles. The molecule has 0 saturated heterocycles. The number of nitrogens with zero attached hydrogens (tertiary/aromatic N) is 5. The molecule has 0 amide bonds. The lowest BCUT2D eigenvalue weighted by Crippen LogP contribution is -2.05. The number of aromatic hydroxyl groups is 1. The van der Waals surface area contributed by atoms with Crippen molar-refractivity contribution in [2.45, 2.75) is 16.7 Å². The van der Waals surface area contributed by atoms with Gasteiger partial charge in [0.2, 0.25) is 17.2 Å². The Morgan fingerprint density at radius 2 is 1.30 bits per heavy atom. The highest BCUT2D eigenvalue weighted by Crippen LogP contribution is 2.45. The number of para-hydroxylation sites is 1. The van der Waals surface area contributed by atoms with E-state index in [1.165, 1.54) is 36.4 Å². The van der Waals surface area contributed by atoms with Crippen molar-refractivity contribution < 1.29 is 43.7 Å². The number of anilines is 4. The first-order valence-corrected chi connectivity index (χ1v) is 16.8. The summed E-state index contributed by atoms with van der Waals surface area (Å²) in [4.78, 5) is 11.0. The van der Waals surface area contributed by atoms with Crippen molar-refractivity contribution in [2.75, 3.05) is 10.6 Å². The number of azo groups is 1. The van der Waals surface area contributed by atoms with E-state index in [1.54, 1.807) is 0 Å². The third-order valence-corrected chi connectivity index (χ3v) is 7.94. The third-order valence-electron chi connectivity index (χ3n) is 6.00. The first kappa shape index (κ1) is 34.7. The molecule has 244 valence electrons. The molecule has 0 unspecified atom stereocenters. The first-order chi connectivity index (χ1) is 22.0. The van der Waals surface area contributed by atoms with Crippen molar-refractivity contribution in [1.29, 1.82) is 0 Å². The van der Waals surface area contributed by atoms with E-state index in [-0.39, 0.29) is 39.3 Å². The highest BCUT2D eigenvalue weighted by atomic mass is 35.5. The lowest BCUT2D eigenvalue weighted by Gasteiger charge is -2.14. The van der Waals surface area contributed by atoms with Crippen molar-refractivity contribution in [3.63, 3.8) is 0 Å². The fraction of sp³-hybridized carbons (Fsp3) is 0.0385. The van der Waals surface area contributed by atoms with Crippen molar-refractivity contribution in [1.82, 2.24) is 15.0 Å². The predicted molar refractivity (Wildman–Crippen MR) is 168 cm³/mol. The fourth-order valence-corrected chi connectivity index (χ4v) is 5.52. The number of benzene rings is 4. The number of phenolic OH excluding ortho intramolecular Hbond substituents is 1. The Hall–Kier alpha value is -5.12. The minimum atomic E-state index is -4.97. The monoisotopic (exact) mass is 721 g/mol. The number of aryl methyl sites for hydroxylation is 1. The molecule has 5 rings (SSSR count). The molecule has 4 aromatic carbocycles. The summed E-state index contributed by atoms with van der Waals surface area (Å²) in [6.07, 6.45) is 0. The van der Waals surface area contributed by atoms with Gasteiger partial charge >= 0.3 is 10.6 Å². The zero-order chi connectivity index (χ0) is 34.5. The maximum Gasteiger partial charge on any atom is 0.425 e. The number of rotatable bonds is 8. The molecule has 0 aliphatic heterocycles. The summed E-state index contributed by atoms with van der Waals surface area (Å²) in [6, 6.07) is 18.0. The predicted octanol–water partition coefficient (Wildman–Crippen LogP) is 5.08. The molecule has 0 atom stereocenters. The Bertz CT molecular complexity index is 2370. The summed E-state index contributed by atoms with van der Waals surface area (Å²) in [6.45, 7) is 1.89. The second kappa shape index (κ2) is 14.1. The minimum absolute atomic E-state index is 0.0249. The van der Waals surface area contributed by atoms with Gasteiger partial charge in [0, 0.05) is 11.1 Å². The van der Waals surface area contributed by atoms with Gasteiger partial charge in [-0.3, -0.25) is 9.11 Å². The summed E-state index contributed by atoms with van der Waals surface area (Å²) in [7, 11) is -12.8. The number of hydrogen-bond donors (Lipinski definition) is 5. The molecule has 0 saturated carbocycles. The molecule has 21 heteroatoms. The number of hydrogen-bond acceptors (Lipinski definition) is 15. The van der Waals surface area contributed by atoms with Crippen LogP contribution >= 0.6 is 11.6 Å². The smallest absolute Gasteiger partial charge is 0.425 e. The van der Waals surface area contributed by atoms with E-state index < -0.39 is 52.1 Å². The van der Waals surface area contributed by atoms with E-state index in [2.05, 4.69) is 35.8 Å². The van der Waals surface area contributed by atoms with Crippen LogP contribution in [0.5, 0.6) is 5.75 Å². The molecule has 0 aliphatic carbocycles. The normalized spacial score (nSPS) is 11.6. The topological polar surface area (TPSA) is 268 Å². The van der Waals surface area contributed by atoms with E-state index in [0.29, 0.717) is 0 Å². The van der Waals surface area contributed by atoms with Gasteiger partial charge in [-0.2, -0.15) is 31.8 Å². The van der Waals surface area contributed by atoms with Crippen molar-refractivity contribution in [3.05, 3.63) is 83.6 Å². The van der Waals surface area contributed by atoms with Crippen molar-refractivity contribution in [3.8, 4) is 5.75 Å². The van der Waals surface area contributed by atoms with Gasteiger partial charge in [0.15, 0.2) is 5.75 Å². The third kappa shape index (κ3) is 8.78. The summed E-state index contributed by atoms with van der Waals surface area (Å²) in [5, 5.41) is 24.8. The fourth-order valence-electron chi connectivity index (χ4n) is 4.07. The van der Waals surface area contributed by atoms with Crippen LogP contribution in [-0.2, 0) is 30.8 Å². The standard InChI is InChI=1S/C26H20ClN7O7S2.O3S/c1-14-7-2-3-9-16(14)28-25-30-24(27)31-26(32-25)29-18-11-6-8-15-13-20(43(39,40)41)22(23(35)21(15)18)34-33-17-10-4-5-12-19(17)42(36,37)38;1-4(2)3/h2-13,35H,1H3,(H,36,37,38)(H,39,40,41)(H2,28,29,30,31,32);. The molecule has 5 N–H and O–H groups in total. The molecule has 5 aromatic rings. The van der Waals surface area contributed by atoms with Crippen LogP contribution in [-0.4, -0.2) is 58.6 Å². The van der Waals surface area contributed by atoms with Crippen LogP contribution in [0.2, 0.25) is 5.28 Å². The van der Waals surface area contributed by atoms with Crippen LogP contribution in [0.15, 0.2) is 92.8 Å². The average molecular weight is 722 g/mol. The van der Waals surface area contributed by atoms with E-state index >= 15 is 0 Å². The molecular formula is C26H20ClN7O10S3. The molecule has 0 spiro atoms. The van der Waals surface area contributed by atoms with Gasteiger partial charge in [-0.25, -0.2) is 0 Å². The summed E-state index contributed by atoms with van der Waals surface area (Å²) < 4.78 is 92.7. The van der Waals surface area contributed by atoms with Crippen LogP contribution in [0.3, 0.4) is 0 Å². The number of halogens is 1. The van der Waals surface area contributed by atoms with Gasteiger partial charge < -0.3 is 15.7 Å². The summed E-state index contributed by atoms with van der Waals surface area (Å²) in [5.74, 6) is -0.659. The van der Waals surface area contributed by atoms with Crippen LogP contribution < -0.4 is 10.6 Å². The number of aromatic nitrogens is 3. The Kier molecular flexibility index (Phi) is 10.4. The Morgan fingerprint density at radius 3 is 1.91 bits per heavy atom. The van der Waals surface area contributed by atoms with E-state index in [0.717, 1.165) is 23.4 Å². The second-order valence-corrected chi connectivity index (χ2v) is 12.6. The largest absolute Gasteiger partial charge is 0.505 e. The molecule has 0 aliphatic rings. The lowest BCUT2D eigenvalue weighted by atomic mass is 10.1. The average Bonchev–Trinajstić information content (AvgIpc) is 2.96. The maximum absolute atomic E-state index is 12.3. The quantitative estimate of drug-likeness (QED) is 0.103. The molecule has 0 bridgehead atoms. The van der Waals surface area contributed by atoms with Crippen LogP contribution in [0.25, 0.3) is 10.8 Å². The van der Waals surface area contributed by atoms with Gasteiger partial charge in [-0.05, 0) is 59.8 Å². The SMILES string of the molecule is Cc1ccccc1Nc1nc(Cl)nc(Nc2cccc3cc(S(=O)(=O)O)c(N=Nc4ccccc4S(=O)(=O)O)c(O)c23)n1.O=S(=O)=O. The zero-order valence-corrected chi connectivity index (χ0v) is 26.7. The molecule has 0 fully saturated rings. The Balaban J connectivity index is 0.00000118. The van der Waals surface area contributed by atoms with E-state index in [1.807, 2.05) is 31.2 Å². The van der Waals surface area contributed by atoms with Crippen LogP contribution in [0.4, 0.5) is 34.6 Å². The molecule has 1 aromatic heterocycles. The maximum atomic E-state index is 12.3. The van der Waals surface area contributed by atoms with Crippen LogP contribution in [0, 0.1) is 6.92 Å². The second-order valence-electron chi connectivity index (χ2n) is 9.11. The molecular weight excluding hydrogens is 702 g/mol. The zero-order valence-electron chi connectivity index (χ0n) is 23.5. The van der Waals surface area contributed by atoms with Crippen molar-refractivity contribution in [2.24, 2.45) is 10.2 Å². The molecule has 47 heavy (non-hydrogen) atoms. The minimum Gasteiger partial charge on any atom is -0.505 e. The van der Waals surface area contributed by atoms with Crippen molar-refractivity contribution >= 4 is 87.9 Å². The first-order valence-electron chi connectivity index (χ1n) is 12.6. The number of fused-ring (bicyclic) bond motifs is 1. The molecule has 0 radical (unpaired) electrons. The van der Waals surface area contributed by atoms with Gasteiger partial charge in [-0.15, -0.1) is 22.9 Å². The summed E-state index contributed by atoms with van der Waals surface area (Å²) in [5.41, 5.74) is 0.761. The van der Waals surface area contributed by atoms with Crippen LogP contribution in [0.1, 0.15) is 5.56 Å². The lowest BCUT2D eigenvalue weighted by molar-refractivity contribution is 0.472. The number of phenols is 1. The number of nitrogens with one attached hydrogen (secondary N) is 2. The van der Waals surface area contributed by atoms with Gasteiger partial charge in [0.1, 0.15) is 21.2 Å². The van der Waals surface area contributed by atoms with E-state index in [9.17, 15) is 31.0 Å². The highest BCUT2D eigenvalue weighted by molar-refractivity contribution is 7.86. The van der Waals surface area contributed by atoms with E-state index in [4.69, 9.17) is 24.2 Å².